The number of nitriles is 1. The molecule has 1 aliphatic carbocycles. The second-order valence-corrected chi connectivity index (χ2v) is 5.94. The first kappa shape index (κ1) is 16.3. The zero-order valence-corrected chi connectivity index (χ0v) is 13.7. The normalized spacial score (nSPS) is 26.2. The molecule has 0 fully saturated rings. The Morgan fingerprint density at radius 1 is 1.25 bits per heavy atom. The van der Waals surface area contributed by atoms with E-state index in [1.165, 1.54) is 0 Å². The summed E-state index contributed by atoms with van der Waals surface area (Å²) in [6.45, 7) is 0. The molecule has 2 N–H and O–H groups in total. The summed E-state index contributed by atoms with van der Waals surface area (Å²) in [5.74, 6) is 0.755. The third kappa shape index (κ3) is 2.61. The quantitative estimate of drug-likeness (QED) is 0.914. The van der Waals surface area contributed by atoms with E-state index in [0.717, 1.165) is 12.0 Å². The summed E-state index contributed by atoms with van der Waals surface area (Å²) in [7, 11) is 3.11. The number of hydrogen-bond acceptors (Lipinski definition) is 6. The maximum Gasteiger partial charge on any atom is 0.164 e. The Hall–Kier alpha value is -2.52. The number of Topliss-reactive ketones (excluding diaryl/α,β-unsaturated/α-hetero) is 1. The van der Waals surface area contributed by atoms with Crippen molar-refractivity contribution in [3.8, 4) is 17.6 Å². The molecule has 1 aliphatic heterocycles. The van der Waals surface area contributed by atoms with Gasteiger partial charge in [0.25, 0.3) is 0 Å². The van der Waals surface area contributed by atoms with Gasteiger partial charge in [0, 0.05) is 24.3 Å². The fourth-order valence-corrected chi connectivity index (χ4v) is 3.48. The Labute approximate surface area is 140 Å². The molecule has 1 aromatic carbocycles. The van der Waals surface area contributed by atoms with Gasteiger partial charge in [-0.1, -0.05) is 6.07 Å². The van der Waals surface area contributed by atoms with Gasteiger partial charge in [-0.3, -0.25) is 10.5 Å². The first-order chi connectivity index (χ1) is 11.6. The highest BCUT2D eigenvalue weighted by Gasteiger charge is 2.43. The summed E-state index contributed by atoms with van der Waals surface area (Å²) in [6.07, 6.45) is 1.15. The van der Waals surface area contributed by atoms with Crippen molar-refractivity contribution in [3.63, 3.8) is 0 Å². The van der Waals surface area contributed by atoms with Crippen LogP contribution in [0, 0.1) is 17.2 Å². The number of rotatable bonds is 3. The number of ketones is 1. The molecule has 24 heavy (non-hydrogen) atoms. The van der Waals surface area contributed by atoms with Crippen LogP contribution in [0.25, 0.3) is 0 Å². The lowest BCUT2D eigenvalue weighted by Gasteiger charge is -2.37. The second kappa shape index (κ2) is 6.54. The number of ether oxygens (including phenoxy) is 3. The van der Waals surface area contributed by atoms with Crippen molar-refractivity contribution in [2.75, 3.05) is 14.2 Å². The molecule has 1 aromatic rings. The van der Waals surface area contributed by atoms with Crippen LogP contribution in [0.1, 0.15) is 30.7 Å². The molecule has 0 aromatic heterocycles. The number of carbonyl (C=O) groups excluding carboxylic acids is 1. The molecule has 0 amide bonds. The Balaban J connectivity index is 2.14. The number of hydrogen-bond donors (Lipinski definition) is 1. The van der Waals surface area contributed by atoms with E-state index in [0.29, 0.717) is 35.7 Å². The van der Waals surface area contributed by atoms with E-state index in [1.54, 1.807) is 26.4 Å². The Kier molecular flexibility index (Phi) is 4.45. The van der Waals surface area contributed by atoms with Gasteiger partial charge >= 0.3 is 0 Å². The van der Waals surface area contributed by atoms with Crippen LogP contribution in [-0.2, 0) is 9.53 Å². The van der Waals surface area contributed by atoms with Crippen LogP contribution in [0.5, 0.6) is 11.5 Å². The predicted molar refractivity (Wildman–Crippen MR) is 86.3 cm³/mol. The molecule has 3 rings (SSSR count). The summed E-state index contributed by atoms with van der Waals surface area (Å²) in [4.78, 5) is 12.5. The number of carbonyl (C=O) groups is 1. The Morgan fingerprint density at radius 2 is 2.00 bits per heavy atom. The monoisotopic (exact) mass is 328 g/mol. The Morgan fingerprint density at radius 3 is 2.67 bits per heavy atom. The van der Waals surface area contributed by atoms with Crippen molar-refractivity contribution in [3.05, 3.63) is 35.1 Å². The minimum absolute atomic E-state index is 0.0307. The van der Waals surface area contributed by atoms with Crippen LogP contribution < -0.4 is 15.2 Å². The number of benzene rings is 1. The molecule has 0 saturated heterocycles. The highest BCUT2D eigenvalue weighted by atomic mass is 16.5. The van der Waals surface area contributed by atoms with Crippen molar-refractivity contribution >= 4 is 5.78 Å². The second-order valence-electron chi connectivity index (χ2n) is 5.94. The van der Waals surface area contributed by atoms with E-state index < -0.39 is 18.1 Å². The standard InChI is InChI=1S/C18H20N2O4/c1-22-13-7-6-10(8-15(13)23-2)16-11(9-19)18(20)24-14-5-3-4-12(21)17(14)16/h6-8,11,16,18H,3-5,20H2,1-2H3/t11-,16+,18+/m1/s1. The predicted octanol–water partition coefficient (Wildman–Crippen LogP) is 2.25. The number of nitrogens with zero attached hydrogens (tertiary/aromatic N) is 1. The van der Waals surface area contributed by atoms with E-state index in [9.17, 15) is 10.1 Å². The molecule has 3 atom stereocenters. The maximum atomic E-state index is 12.5. The smallest absolute Gasteiger partial charge is 0.164 e. The molecule has 1 heterocycles. The van der Waals surface area contributed by atoms with Crippen molar-refractivity contribution in [2.45, 2.75) is 31.4 Å². The van der Waals surface area contributed by atoms with Crippen LogP contribution >= 0.6 is 0 Å². The SMILES string of the molecule is COc1ccc([C@@H]2C3=C(CCCC3=O)O[C@H](N)[C@@H]2C#N)cc1OC. The average molecular weight is 328 g/mol. The summed E-state index contributed by atoms with van der Waals surface area (Å²) in [5, 5.41) is 9.60. The zero-order chi connectivity index (χ0) is 17.3. The van der Waals surface area contributed by atoms with Gasteiger partial charge in [0.1, 0.15) is 11.7 Å². The number of nitrogens with two attached hydrogens (primary N) is 1. The van der Waals surface area contributed by atoms with Crippen molar-refractivity contribution < 1.29 is 19.0 Å². The van der Waals surface area contributed by atoms with Crippen LogP contribution in [0.2, 0.25) is 0 Å². The third-order valence-electron chi connectivity index (χ3n) is 4.63. The molecular weight excluding hydrogens is 308 g/mol. The van der Waals surface area contributed by atoms with Crippen molar-refractivity contribution in [1.82, 2.24) is 0 Å². The van der Waals surface area contributed by atoms with Crippen LogP contribution in [-0.4, -0.2) is 26.2 Å². The lowest BCUT2D eigenvalue weighted by atomic mass is 9.73. The first-order valence-corrected chi connectivity index (χ1v) is 7.90. The first-order valence-electron chi connectivity index (χ1n) is 7.90. The highest BCUT2D eigenvalue weighted by molar-refractivity contribution is 5.98. The molecular formula is C18H20N2O4. The van der Waals surface area contributed by atoms with Gasteiger partial charge in [0.15, 0.2) is 23.5 Å². The summed E-state index contributed by atoms with van der Waals surface area (Å²) >= 11 is 0. The van der Waals surface area contributed by atoms with E-state index in [2.05, 4.69) is 6.07 Å². The van der Waals surface area contributed by atoms with Gasteiger partial charge in [-0.2, -0.15) is 5.26 Å². The zero-order valence-electron chi connectivity index (χ0n) is 13.7. The van der Waals surface area contributed by atoms with Gasteiger partial charge in [-0.15, -0.1) is 0 Å². The van der Waals surface area contributed by atoms with Crippen LogP contribution in [0.15, 0.2) is 29.5 Å². The molecule has 2 aliphatic rings. The van der Waals surface area contributed by atoms with E-state index in [1.807, 2.05) is 6.07 Å². The van der Waals surface area contributed by atoms with Crippen LogP contribution in [0.3, 0.4) is 0 Å². The van der Waals surface area contributed by atoms with Gasteiger partial charge in [-0.05, 0) is 24.1 Å². The summed E-state index contributed by atoms with van der Waals surface area (Å²) in [5.41, 5.74) is 7.44. The van der Waals surface area contributed by atoms with Gasteiger partial charge < -0.3 is 14.2 Å². The highest BCUT2D eigenvalue weighted by Crippen LogP contribution is 2.45. The maximum absolute atomic E-state index is 12.5. The molecule has 0 unspecified atom stereocenters. The Bertz CT molecular complexity index is 735. The minimum atomic E-state index is -0.752. The lowest BCUT2D eigenvalue weighted by molar-refractivity contribution is -0.117. The lowest BCUT2D eigenvalue weighted by Crippen LogP contribution is -2.42. The average Bonchev–Trinajstić information content (AvgIpc) is 2.60. The molecule has 0 bridgehead atoms. The topological polar surface area (TPSA) is 94.6 Å². The fourth-order valence-electron chi connectivity index (χ4n) is 3.48. The summed E-state index contributed by atoms with van der Waals surface area (Å²) in [6, 6.07) is 7.64. The van der Waals surface area contributed by atoms with Gasteiger partial charge in [0.2, 0.25) is 0 Å². The van der Waals surface area contributed by atoms with E-state index >= 15 is 0 Å². The van der Waals surface area contributed by atoms with Crippen molar-refractivity contribution in [1.29, 1.82) is 5.26 Å². The minimum Gasteiger partial charge on any atom is -0.493 e. The van der Waals surface area contributed by atoms with Crippen molar-refractivity contribution in [2.24, 2.45) is 11.7 Å². The third-order valence-corrected chi connectivity index (χ3v) is 4.63. The fraction of sp³-hybridized carbons (Fsp3) is 0.444. The molecule has 0 saturated carbocycles. The van der Waals surface area contributed by atoms with Crippen LogP contribution in [0.4, 0.5) is 0 Å². The molecule has 126 valence electrons. The largest absolute Gasteiger partial charge is 0.493 e. The molecule has 6 heteroatoms. The van der Waals surface area contributed by atoms with Gasteiger partial charge in [-0.25, -0.2) is 0 Å². The van der Waals surface area contributed by atoms with E-state index in [4.69, 9.17) is 19.9 Å². The molecule has 6 nitrogen and oxygen atoms in total. The molecule has 0 spiro atoms. The molecule has 0 radical (unpaired) electrons. The number of methoxy groups -OCH3 is 2. The van der Waals surface area contributed by atoms with E-state index in [-0.39, 0.29) is 5.78 Å². The van der Waals surface area contributed by atoms with Gasteiger partial charge in [0.05, 0.1) is 20.3 Å². The number of allylic oxidation sites excluding steroid dienone is 2. The summed E-state index contributed by atoms with van der Waals surface area (Å²) < 4.78 is 16.3.